The summed E-state index contributed by atoms with van der Waals surface area (Å²) in [6.07, 6.45) is 3.47. The largest absolute Gasteiger partial charge is 0.382 e. The van der Waals surface area contributed by atoms with Crippen molar-refractivity contribution in [3.63, 3.8) is 0 Å². The third kappa shape index (κ3) is 3.22. The molecule has 0 saturated carbocycles. The van der Waals surface area contributed by atoms with E-state index in [4.69, 9.17) is 4.74 Å². The van der Waals surface area contributed by atoms with E-state index in [0.717, 1.165) is 23.6 Å². The van der Waals surface area contributed by atoms with Gasteiger partial charge in [0.1, 0.15) is 5.69 Å². The van der Waals surface area contributed by atoms with Gasteiger partial charge in [-0.3, -0.25) is 14.6 Å². The van der Waals surface area contributed by atoms with Crippen molar-refractivity contribution in [3.05, 3.63) is 42.2 Å². The van der Waals surface area contributed by atoms with Gasteiger partial charge in [0.05, 0.1) is 18.6 Å². The van der Waals surface area contributed by atoms with Gasteiger partial charge in [-0.25, -0.2) is 0 Å². The molecule has 1 aliphatic rings. The van der Waals surface area contributed by atoms with Crippen molar-refractivity contribution in [1.29, 1.82) is 0 Å². The first-order chi connectivity index (χ1) is 12.1. The Morgan fingerprint density at radius 3 is 2.88 bits per heavy atom. The predicted octanol–water partition coefficient (Wildman–Crippen LogP) is 1.99. The van der Waals surface area contributed by atoms with E-state index in [1.807, 2.05) is 30.3 Å². The number of hydrogen-bond acceptors (Lipinski definition) is 4. The molecule has 6 heteroatoms. The molecule has 132 valence electrons. The highest BCUT2D eigenvalue weighted by Gasteiger charge is 2.45. The number of methoxy groups -OCH3 is 1. The van der Waals surface area contributed by atoms with Gasteiger partial charge in [0.15, 0.2) is 0 Å². The van der Waals surface area contributed by atoms with Crippen LogP contribution in [0.15, 0.2) is 36.5 Å². The number of aromatic nitrogens is 1. The Balaban J connectivity index is 2.00. The van der Waals surface area contributed by atoms with Crippen LogP contribution < -0.4 is 5.32 Å². The molecule has 0 spiro atoms. The maximum absolute atomic E-state index is 13.3. The summed E-state index contributed by atoms with van der Waals surface area (Å²) in [5.74, 6) is -0.238. The van der Waals surface area contributed by atoms with Gasteiger partial charge in [0.2, 0.25) is 5.91 Å². The first-order valence-electron chi connectivity index (χ1n) is 8.46. The molecule has 0 unspecified atom stereocenters. The second-order valence-corrected chi connectivity index (χ2v) is 6.45. The van der Waals surface area contributed by atoms with Crippen molar-refractivity contribution in [1.82, 2.24) is 15.2 Å². The van der Waals surface area contributed by atoms with E-state index in [2.05, 4.69) is 10.3 Å². The summed E-state index contributed by atoms with van der Waals surface area (Å²) in [5, 5.41) is 4.46. The molecule has 1 aromatic carbocycles. The Morgan fingerprint density at radius 1 is 1.32 bits per heavy atom. The number of pyridine rings is 1. The van der Waals surface area contributed by atoms with Crippen molar-refractivity contribution in [2.45, 2.75) is 24.8 Å². The number of nitrogens with one attached hydrogen (secondary N) is 1. The third-order valence-corrected chi connectivity index (χ3v) is 4.90. The van der Waals surface area contributed by atoms with Crippen LogP contribution in [-0.2, 0) is 9.53 Å². The SMILES string of the molecule is CNC(=O)C[C@]1(COC)CCCN1C(=O)c1nccc2ccccc12. The predicted molar refractivity (Wildman–Crippen MR) is 95.3 cm³/mol. The Bertz CT molecular complexity index is 787. The number of ether oxygens (including phenoxy) is 1. The molecule has 1 N–H and O–H groups in total. The van der Waals surface area contributed by atoms with Crippen molar-refractivity contribution < 1.29 is 14.3 Å². The van der Waals surface area contributed by atoms with Crippen molar-refractivity contribution >= 4 is 22.6 Å². The average molecular weight is 341 g/mol. The van der Waals surface area contributed by atoms with Crippen LogP contribution in [0.3, 0.4) is 0 Å². The Kier molecular flexibility index (Phi) is 4.99. The summed E-state index contributed by atoms with van der Waals surface area (Å²) in [4.78, 5) is 31.5. The molecule has 1 saturated heterocycles. The van der Waals surface area contributed by atoms with E-state index < -0.39 is 5.54 Å². The second kappa shape index (κ2) is 7.19. The minimum atomic E-state index is -0.620. The monoisotopic (exact) mass is 341 g/mol. The zero-order chi connectivity index (χ0) is 17.9. The lowest BCUT2D eigenvalue weighted by molar-refractivity contribution is -0.123. The zero-order valence-electron chi connectivity index (χ0n) is 14.6. The molecule has 1 atom stereocenters. The van der Waals surface area contributed by atoms with Gasteiger partial charge in [0, 0.05) is 32.3 Å². The summed E-state index contributed by atoms with van der Waals surface area (Å²) >= 11 is 0. The summed E-state index contributed by atoms with van der Waals surface area (Å²) in [6.45, 7) is 0.932. The number of hydrogen-bond donors (Lipinski definition) is 1. The molecule has 6 nitrogen and oxygen atoms in total. The standard InChI is InChI=1S/C19H23N3O3/c1-20-16(23)12-19(13-25-2)9-5-11-22(19)18(24)17-15-7-4-3-6-14(15)8-10-21-17/h3-4,6-8,10H,5,9,11-13H2,1-2H3,(H,20,23)/t19-/m0/s1. The highest BCUT2D eigenvalue weighted by Crippen LogP contribution is 2.35. The number of carbonyl (C=O) groups excluding carboxylic acids is 2. The first kappa shape index (κ1) is 17.4. The molecule has 2 amide bonds. The maximum atomic E-state index is 13.3. The molecule has 1 aromatic heterocycles. The van der Waals surface area contributed by atoms with Crippen molar-refractivity contribution in [2.75, 3.05) is 27.3 Å². The van der Waals surface area contributed by atoms with Crippen molar-refractivity contribution in [3.8, 4) is 0 Å². The van der Waals surface area contributed by atoms with Crippen LogP contribution in [0.25, 0.3) is 10.8 Å². The minimum Gasteiger partial charge on any atom is -0.382 e. The fourth-order valence-electron chi connectivity index (χ4n) is 3.71. The molecule has 3 rings (SSSR count). The van der Waals surface area contributed by atoms with Gasteiger partial charge < -0.3 is 15.0 Å². The number of likely N-dealkylation sites (tertiary alicyclic amines) is 1. The molecule has 2 heterocycles. The maximum Gasteiger partial charge on any atom is 0.273 e. The van der Waals surface area contributed by atoms with Crippen LogP contribution in [0.4, 0.5) is 0 Å². The number of nitrogens with zero attached hydrogens (tertiary/aromatic N) is 2. The molecular weight excluding hydrogens is 318 g/mol. The first-order valence-corrected chi connectivity index (χ1v) is 8.46. The van der Waals surface area contributed by atoms with E-state index in [0.29, 0.717) is 18.8 Å². The zero-order valence-corrected chi connectivity index (χ0v) is 14.6. The summed E-state index contributed by atoms with van der Waals surface area (Å²) in [6, 6.07) is 9.60. The van der Waals surface area contributed by atoms with Crippen LogP contribution >= 0.6 is 0 Å². The van der Waals surface area contributed by atoms with Crippen molar-refractivity contribution in [2.24, 2.45) is 0 Å². The van der Waals surface area contributed by atoms with E-state index in [9.17, 15) is 9.59 Å². The molecule has 25 heavy (non-hydrogen) atoms. The number of rotatable bonds is 5. The van der Waals surface area contributed by atoms with Crippen LogP contribution in [0.5, 0.6) is 0 Å². The quantitative estimate of drug-likeness (QED) is 0.903. The lowest BCUT2D eigenvalue weighted by Crippen LogP contribution is -2.53. The second-order valence-electron chi connectivity index (χ2n) is 6.45. The van der Waals surface area contributed by atoms with E-state index >= 15 is 0 Å². The Morgan fingerprint density at radius 2 is 2.12 bits per heavy atom. The summed E-state index contributed by atoms with van der Waals surface area (Å²) < 4.78 is 5.38. The van der Waals surface area contributed by atoms with Gasteiger partial charge in [-0.15, -0.1) is 0 Å². The molecule has 0 aliphatic carbocycles. The van der Waals surface area contributed by atoms with Gasteiger partial charge in [-0.05, 0) is 24.3 Å². The van der Waals surface area contributed by atoms with Gasteiger partial charge in [0.25, 0.3) is 5.91 Å². The molecular formula is C19H23N3O3. The lowest BCUT2D eigenvalue weighted by Gasteiger charge is -2.37. The molecule has 2 aromatic rings. The highest BCUT2D eigenvalue weighted by atomic mass is 16.5. The Hall–Kier alpha value is -2.47. The highest BCUT2D eigenvalue weighted by molar-refractivity contribution is 6.05. The van der Waals surface area contributed by atoms with Gasteiger partial charge in [-0.2, -0.15) is 0 Å². The van der Waals surface area contributed by atoms with Gasteiger partial charge in [-0.1, -0.05) is 24.3 Å². The van der Waals surface area contributed by atoms with E-state index in [-0.39, 0.29) is 18.2 Å². The molecule has 0 bridgehead atoms. The number of benzene rings is 1. The fourth-order valence-corrected chi connectivity index (χ4v) is 3.71. The van der Waals surface area contributed by atoms with Crippen LogP contribution in [0, 0.1) is 0 Å². The topological polar surface area (TPSA) is 71.5 Å². The molecule has 0 radical (unpaired) electrons. The smallest absolute Gasteiger partial charge is 0.273 e. The summed E-state index contributed by atoms with van der Waals surface area (Å²) in [7, 11) is 3.21. The average Bonchev–Trinajstić information content (AvgIpc) is 3.04. The number of carbonyl (C=O) groups is 2. The number of amides is 2. The third-order valence-electron chi connectivity index (χ3n) is 4.90. The fraction of sp³-hybridized carbons (Fsp3) is 0.421. The Labute approximate surface area is 147 Å². The van der Waals surface area contributed by atoms with E-state index in [1.165, 1.54) is 0 Å². The van der Waals surface area contributed by atoms with Crippen LogP contribution in [0.2, 0.25) is 0 Å². The van der Waals surface area contributed by atoms with Crippen LogP contribution in [-0.4, -0.2) is 54.5 Å². The molecule has 1 aliphatic heterocycles. The van der Waals surface area contributed by atoms with Crippen LogP contribution in [0.1, 0.15) is 29.8 Å². The normalized spacial score (nSPS) is 20.0. The lowest BCUT2D eigenvalue weighted by atomic mass is 9.91. The van der Waals surface area contributed by atoms with E-state index in [1.54, 1.807) is 25.3 Å². The number of fused-ring (bicyclic) bond motifs is 1. The summed E-state index contributed by atoms with van der Waals surface area (Å²) in [5.41, 5.74) is -0.192. The minimum absolute atomic E-state index is 0.0948. The molecule has 1 fully saturated rings. The van der Waals surface area contributed by atoms with Gasteiger partial charge >= 0.3 is 0 Å².